The molecular formula is C24H37BrN2O6. The minimum absolute atomic E-state index is 0.0781. The molecule has 3 fully saturated rings. The van der Waals surface area contributed by atoms with E-state index >= 15 is 0 Å². The number of fused-ring (bicyclic) bond motifs is 1. The Hall–Kier alpha value is -1.45. The Morgan fingerprint density at radius 1 is 1.39 bits per heavy atom. The van der Waals surface area contributed by atoms with Gasteiger partial charge >= 0.3 is 5.97 Å². The number of rotatable bonds is 11. The highest BCUT2D eigenvalue weighted by molar-refractivity contribution is 9.09. The molecule has 2 amide bonds. The average Bonchev–Trinajstić information content (AvgIpc) is 3.36. The molecule has 8 nitrogen and oxygen atoms in total. The average molecular weight is 529 g/mol. The summed E-state index contributed by atoms with van der Waals surface area (Å²) < 4.78 is 6.34. The third-order valence-electron chi connectivity index (χ3n) is 7.94. The zero-order chi connectivity index (χ0) is 24.7. The number of aliphatic carboxylic acids is 1. The van der Waals surface area contributed by atoms with E-state index in [2.05, 4.69) is 22.5 Å². The van der Waals surface area contributed by atoms with Gasteiger partial charge in [0, 0.05) is 17.4 Å². The third-order valence-corrected chi connectivity index (χ3v) is 8.78. The number of alkyl halides is 1. The van der Waals surface area contributed by atoms with Crippen molar-refractivity contribution in [1.29, 1.82) is 0 Å². The van der Waals surface area contributed by atoms with E-state index in [4.69, 9.17) is 4.74 Å². The van der Waals surface area contributed by atoms with Crippen LogP contribution >= 0.6 is 15.9 Å². The molecular weight excluding hydrogens is 492 g/mol. The first-order chi connectivity index (χ1) is 15.6. The SMILES string of the molecule is C=CCN(C(=O)C1N([C@@H](CO)[C@@H](C)CC)C(=O)[C@@H]2[C@@H](C(=O)O)[C@@H]3OC12CC3Br)C(C)CCC. The van der Waals surface area contributed by atoms with E-state index in [0.29, 0.717) is 19.4 Å². The first-order valence-electron chi connectivity index (χ1n) is 12.0. The van der Waals surface area contributed by atoms with Crippen LogP contribution in [0.1, 0.15) is 53.4 Å². The van der Waals surface area contributed by atoms with Gasteiger partial charge in [0.1, 0.15) is 11.6 Å². The monoisotopic (exact) mass is 528 g/mol. The van der Waals surface area contributed by atoms with Crippen LogP contribution in [0.15, 0.2) is 12.7 Å². The normalized spacial score (nSPS) is 35.3. The van der Waals surface area contributed by atoms with Crippen LogP contribution in [0.2, 0.25) is 0 Å². The lowest BCUT2D eigenvalue weighted by Crippen LogP contribution is -2.61. The Morgan fingerprint density at radius 3 is 2.58 bits per heavy atom. The summed E-state index contributed by atoms with van der Waals surface area (Å²) in [5.74, 6) is -3.82. The van der Waals surface area contributed by atoms with Gasteiger partial charge in [0.25, 0.3) is 0 Å². The van der Waals surface area contributed by atoms with Gasteiger partial charge in [-0.15, -0.1) is 6.58 Å². The van der Waals surface area contributed by atoms with E-state index in [-0.39, 0.29) is 29.3 Å². The highest BCUT2D eigenvalue weighted by Gasteiger charge is 2.77. The topological polar surface area (TPSA) is 107 Å². The number of halogens is 1. The van der Waals surface area contributed by atoms with Crippen LogP contribution in [0.5, 0.6) is 0 Å². The van der Waals surface area contributed by atoms with Gasteiger partial charge in [0.15, 0.2) is 0 Å². The molecule has 1 spiro atoms. The summed E-state index contributed by atoms with van der Waals surface area (Å²) in [5, 5.41) is 20.3. The summed E-state index contributed by atoms with van der Waals surface area (Å²) >= 11 is 3.56. The number of carbonyl (C=O) groups is 3. The summed E-state index contributed by atoms with van der Waals surface area (Å²) in [6, 6.07) is -1.68. The highest BCUT2D eigenvalue weighted by Crippen LogP contribution is 2.60. The second-order valence-corrected chi connectivity index (χ2v) is 11.0. The highest BCUT2D eigenvalue weighted by atomic mass is 79.9. The summed E-state index contributed by atoms with van der Waals surface area (Å²) in [6.45, 7) is 11.7. The van der Waals surface area contributed by atoms with Crippen molar-refractivity contribution in [3.63, 3.8) is 0 Å². The van der Waals surface area contributed by atoms with Crippen molar-refractivity contribution < 1.29 is 29.3 Å². The summed E-state index contributed by atoms with van der Waals surface area (Å²) in [6.07, 6.45) is 3.73. The number of aliphatic hydroxyl groups is 1. The fourth-order valence-corrected chi connectivity index (χ4v) is 7.10. The molecule has 0 aliphatic carbocycles. The Bertz CT molecular complexity index is 793. The van der Waals surface area contributed by atoms with E-state index in [1.165, 1.54) is 4.90 Å². The van der Waals surface area contributed by atoms with Crippen LogP contribution in [0.4, 0.5) is 0 Å². The van der Waals surface area contributed by atoms with Crippen LogP contribution in [0.3, 0.4) is 0 Å². The molecule has 3 rings (SSSR count). The summed E-state index contributed by atoms with van der Waals surface area (Å²) in [5.41, 5.74) is -1.23. The van der Waals surface area contributed by atoms with Crippen LogP contribution in [0, 0.1) is 17.8 Å². The summed E-state index contributed by atoms with van der Waals surface area (Å²) in [4.78, 5) is 43.2. The minimum Gasteiger partial charge on any atom is -0.481 e. The van der Waals surface area contributed by atoms with Crippen molar-refractivity contribution in [2.45, 2.75) is 88.0 Å². The van der Waals surface area contributed by atoms with Gasteiger partial charge in [-0.05, 0) is 25.7 Å². The van der Waals surface area contributed by atoms with Gasteiger partial charge in [-0.3, -0.25) is 14.4 Å². The van der Waals surface area contributed by atoms with Gasteiger partial charge in [-0.25, -0.2) is 0 Å². The zero-order valence-electron chi connectivity index (χ0n) is 19.9. The molecule has 3 heterocycles. The molecule has 3 aliphatic heterocycles. The molecule has 0 aromatic heterocycles. The van der Waals surface area contributed by atoms with E-state index in [0.717, 1.165) is 12.8 Å². The number of hydrogen-bond donors (Lipinski definition) is 2. The fraction of sp³-hybridized carbons (Fsp3) is 0.792. The Balaban J connectivity index is 2.15. The van der Waals surface area contributed by atoms with Gasteiger partial charge in [-0.1, -0.05) is 55.6 Å². The van der Waals surface area contributed by atoms with Crippen molar-refractivity contribution in [1.82, 2.24) is 9.80 Å². The van der Waals surface area contributed by atoms with Gasteiger partial charge < -0.3 is 24.7 Å². The molecule has 0 aromatic carbocycles. The van der Waals surface area contributed by atoms with Crippen molar-refractivity contribution >= 4 is 33.7 Å². The van der Waals surface area contributed by atoms with Crippen LogP contribution < -0.4 is 0 Å². The minimum atomic E-state index is -1.23. The van der Waals surface area contributed by atoms with Gasteiger partial charge in [-0.2, -0.15) is 0 Å². The number of carboxylic acids is 1. The molecule has 0 saturated carbocycles. The van der Waals surface area contributed by atoms with E-state index < -0.39 is 47.5 Å². The molecule has 186 valence electrons. The predicted molar refractivity (Wildman–Crippen MR) is 127 cm³/mol. The number of ether oxygens (including phenoxy) is 1. The lowest BCUT2D eigenvalue weighted by molar-refractivity contribution is -0.155. The molecule has 9 heteroatoms. The molecule has 0 radical (unpaired) electrons. The zero-order valence-corrected chi connectivity index (χ0v) is 21.5. The molecule has 3 aliphatic rings. The van der Waals surface area contributed by atoms with Gasteiger partial charge in [0.05, 0.1) is 30.6 Å². The van der Waals surface area contributed by atoms with E-state index in [1.54, 1.807) is 11.0 Å². The van der Waals surface area contributed by atoms with Crippen molar-refractivity contribution in [3.8, 4) is 0 Å². The van der Waals surface area contributed by atoms with Crippen molar-refractivity contribution in [3.05, 3.63) is 12.7 Å². The lowest BCUT2D eigenvalue weighted by atomic mass is 9.70. The number of hydrogen-bond acceptors (Lipinski definition) is 5. The van der Waals surface area contributed by atoms with Crippen LogP contribution in [-0.2, 0) is 19.1 Å². The Kier molecular flexibility index (Phi) is 7.96. The number of amides is 2. The molecule has 2 bridgehead atoms. The maximum atomic E-state index is 14.2. The molecule has 33 heavy (non-hydrogen) atoms. The maximum absolute atomic E-state index is 14.2. The van der Waals surface area contributed by atoms with Crippen LogP contribution in [0.25, 0.3) is 0 Å². The lowest BCUT2D eigenvalue weighted by Gasteiger charge is -2.42. The fourth-order valence-electron chi connectivity index (χ4n) is 6.16. The molecule has 9 atom stereocenters. The molecule has 3 saturated heterocycles. The second kappa shape index (κ2) is 10.0. The standard InChI is InChI=1S/C24H37BrN2O6/c1-6-9-14(5)26(10-7-2)22(30)20-24-11-15(25)19(33-24)17(23(31)32)18(24)21(29)27(20)16(12-28)13(4)8-3/h7,13-20,28H,2,6,8-12H2,1,3-5H3,(H,31,32)/t13-,14?,15?,16-,17+,18-,19+,20?,24?/m0/s1. The number of carboxylic acid groups (broad SMARTS) is 1. The number of aliphatic hydroxyl groups excluding tert-OH is 1. The Morgan fingerprint density at radius 2 is 2.06 bits per heavy atom. The van der Waals surface area contributed by atoms with E-state index in [9.17, 15) is 24.6 Å². The maximum Gasteiger partial charge on any atom is 0.310 e. The smallest absolute Gasteiger partial charge is 0.310 e. The quantitative estimate of drug-likeness (QED) is 0.315. The number of carbonyl (C=O) groups excluding carboxylic acids is 2. The number of likely N-dealkylation sites (tertiary alicyclic amines) is 1. The van der Waals surface area contributed by atoms with E-state index in [1.807, 2.05) is 27.7 Å². The first kappa shape index (κ1) is 26.2. The first-order valence-corrected chi connectivity index (χ1v) is 12.9. The molecule has 2 N–H and O–H groups in total. The van der Waals surface area contributed by atoms with Crippen molar-refractivity contribution in [2.75, 3.05) is 13.2 Å². The van der Waals surface area contributed by atoms with Crippen LogP contribution in [-0.4, -0.2) is 85.6 Å². The summed E-state index contributed by atoms with van der Waals surface area (Å²) in [7, 11) is 0. The second-order valence-electron chi connectivity index (χ2n) is 9.80. The third kappa shape index (κ3) is 4.04. The Labute approximate surface area is 204 Å². The number of nitrogens with zero attached hydrogens (tertiary/aromatic N) is 2. The predicted octanol–water partition coefficient (Wildman–Crippen LogP) is 2.43. The van der Waals surface area contributed by atoms with Crippen molar-refractivity contribution in [2.24, 2.45) is 17.8 Å². The molecule has 0 aromatic rings. The molecule has 4 unspecified atom stereocenters. The van der Waals surface area contributed by atoms with Gasteiger partial charge in [0.2, 0.25) is 11.8 Å². The largest absolute Gasteiger partial charge is 0.481 e.